The molecule has 0 aliphatic carbocycles. The fraction of sp³-hybridized carbons (Fsp3) is 1.00. The molecule has 0 saturated heterocycles. The second kappa shape index (κ2) is 5.55. The van der Waals surface area contributed by atoms with Gasteiger partial charge in [-0.2, -0.15) is 0 Å². The third kappa shape index (κ3) is 6.62. The highest BCUT2D eigenvalue weighted by molar-refractivity contribution is 4.71. The molecule has 1 atom stereocenters. The Bertz CT molecular complexity index is 101. The van der Waals surface area contributed by atoms with Crippen LogP contribution in [0.15, 0.2) is 0 Å². The molecule has 0 amide bonds. The van der Waals surface area contributed by atoms with Crippen LogP contribution in [0.1, 0.15) is 40.5 Å². The van der Waals surface area contributed by atoms with Gasteiger partial charge in [0.25, 0.3) is 0 Å². The SMILES string of the molecule is CCC(CN)CCNC(C)(C)C. The van der Waals surface area contributed by atoms with Gasteiger partial charge in [-0.25, -0.2) is 0 Å². The van der Waals surface area contributed by atoms with Gasteiger partial charge in [-0.1, -0.05) is 13.3 Å². The van der Waals surface area contributed by atoms with Crippen molar-refractivity contribution in [3.63, 3.8) is 0 Å². The quantitative estimate of drug-likeness (QED) is 0.663. The molecule has 12 heavy (non-hydrogen) atoms. The normalized spacial score (nSPS) is 14.8. The first-order valence-corrected chi connectivity index (χ1v) is 4.94. The second-order valence-electron chi connectivity index (χ2n) is 4.48. The van der Waals surface area contributed by atoms with Crippen LogP contribution < -0.4 is 11.1 Å². The van der Waals surface area contributed by atoms with E-state index in [-0.39, 0.29) is 5.54 Å². The van der Waals surface area contributed by atoms with Crippen LogP contribution in [0.25, 0.3) is 0 Å². The number of nitrogens with two attached hydrogens (primary N) is 1. The van der Waals surface area contributed by atoms with Gasteiger partial charge in [0, 0.05) is 5.54 Å². The summed E-state index contributed by atoms with van der Waals surface area (Å²) < 4.78 is 0. The maximum Gasteiger partial charge on any atom is 0.00965 e. The molecule has 0 fully saturated rings. The van der Waals surface area contributed by atoms with Crippen molar-refractivity contribution in [2.24, 2.45) is 11.7 Å². The minimum atomic E-state index is 0.243. The van der Waals surface area contributed by atoms with Gasteiger partial charge in [0.1, 0.15) is 0 Å². The molecule has 0 aliphatic heterocycles. The van der Waals surface area contributed by atoms with Crippen molar-refractivity contribution in [2.75, 3.05) is 13.1 Å². The Morgan fingerprint density at radius 2 is 1.92 bits per heavy atom. The van der Waals surface area contributed by atoms with Crippen molar-refractivity contribution in [1.29, 1.82) is 0 Å². The van der Waals surface area contributed by atoms with E-state index < -0.39 is 0 Å². The van der Waals surface area contributed by atoms with E-state index in [9.17, 15) is 0 Å². The molecule has 74 valence electrons. The molecule has 0 aromatic carbocycles. The predicted octanol–water partition coefficient (Wildman–Crippen LogP) is 1.75. The zero-order chi connectivity index (χ0) is 9.61. The van der Waals surface area contributed by atoms with E-state index in [1.54, 1.807) is 0 Å². The molecule has 0 saturated carbocycles. The van der Waals surface area contributed by atoms with Gasteiger partial charge < -0.3 is 11.1 Å². The predicted molar refractivity (Wildman–Crippen MR) is 55.2 cm³/mol. The molecule has 0 heterocycles. The third-order valence-corrected chi connectivity index (χ3v) is 2.12. The van der Waals surface area contributed by atoms with Gasteiger partial charge in [-0.05, 0) is 46.2 Å². The maximum absolute atomic E-state index is 5.61. The molecule has 0 rings (SSSR count). The highest BCUT2D eigenvalue weighted by Gasteiger charge is 2.09. The summed E-state index contributed by atoms with van der Waals surface area (Å²) in [5, 5.41) is 3.47. The summed E-state index contributed by atoms with van der Waals surface area (Å²) in [5.74, 6) is 0.694. The average molecular weight is 172 g/mol. The zero-order valence-corrected chi connectivity index (χ0v) is 8.98. The minimum Gasteiger partial charge on any atom is -0.330 e. The lowest BCUT2D eigenvalue weighted by molar-refractivity contribution is 0.383. The van der Waals surface area contributed by atoms with Crippen LogP contribution in [-0.2, 0) is 0 Å². The first-order valence-electron chi connectivity index (χ1n) is 4.94. The Labute approximate surface area is 76.9 Å². The largest absolute Gasteiger partial charge is 0.330 e. The smallest absolute Gasteiger partial charge is 0.00965 e. The molecule has 0 aliphatic rings. The average Bonchev–Trinajstić information content (AvgIpc) is 1.96. The molecular weight excluding hydrogens is 148 g/mol. The van der Waals surface area contributed by atoms with Crippen LogP contribution in [0, 0.1) is 5.92 Å². The third-order valence-electron chi connectivity index (χ3n) is 2.12. The summed E-state index contributed by atoms with van der Waals surface area (Å²) in [6, 6.07) is 0. The zero-order valence-electron chi connectivity index (χ0n) is 8.98. The van der Waals surface area contributed by atoms with Gasteiger partial charge in [0.2, 0.25) is 0 Å². The van der Waals surface area contributed by atoms with E-state index in [1.165, 1.54) is 12.8 Å². The van der Waals surface area contributed by atoms with Crippen LogP contribution in [0.3, 0.4) is 0 Å². The Morgan fingerprint density at radius 3 is 2.25 bits per heavy atom. The molecule has 0 aromatic heterocycles. The molecular formula is C10H24N2. The van der Waals surface area contributed by atoms with Crippen LogP contribution in [-0.4, -0.2) is 18.6 Å². The van der Waals surface area contributed by atoms with Crippen molar-refractivity contribution < 1.29 is 0 Å². The number of nitrogens with one attached hydrogen (secondary N) is 1. The molecule has 0 radical (unpaired) electrons. The van der Waals surface area contributed by atoms with E-state index in [0.29, 0.717) is 5.92 Å². The van der Waals surface area contributed by atoms with Crippen molar-refractivity contribution in [3.05, 3.63) is 0 Å². The van der Waals surface area contributed by atoms with Crippen LogP contribution in [0.5, 0.6) is 0 Å². The van der Waals surface area contributed by atoms with Crippen molar-refractivity contribution in [1.82, 2.24) is 5.32 Å². The summed E-state index contributed by atoms with van der Waals surface area (Å²) in [5.41, 5.74) is 5.85. The van der Waals surface area contributed by atoms with Crippen LogP contribution >= 0.6 is 0 Å². The second-order valence-corrected chi connectivity index (χ2v) is 4.48. The summed E-state index contributed by atoms with van der Waals surface area (Å²) in [7, 11) is 0. The van der Waals surface area contributed by atoms with Crippen LogP contribution in [0.2, 0.25) is 0 Å². The Kier molecular flexibility index (Phi) is 5.51. The summed E-state index contributed by atoms with van der Waals surface area (Å²) in [6.45, 7) is 10.7. The minimum absolute atomic E-state index is 0.243. The van der Waals surface area contributed by atoms with Gasteiger partial charge in [-0.15, -0.1) is 0 Å². The maximum atomic E-state index is 5.61. The highest BCUT2D eigenvalue weighted by Crippen LogP contribution is 2.06. The Hall–Kier alpha value is -0.0800. The lowest BCUT2D eigenvalue weighted by Gasteiger charge is -2.22. The van der Waals surface area contributed by atoms with Crippen molar-refractivity contribution in [3.8, 4) is 0 Å². The fourth-order valence-corrected chi connectivity index (χ4v) is 1.14. The number of hydrogen-bond acceptors (Lipinski definition) is 2. The lowest BCUT2D eigenvalue weighted by atomic mass is 10.0. The van der Waals surface area contributed by atoms with Gasteiger partial charge in [-0.3, -0.25) is 0 Å². The molecule has 0 spiro atoms. The topological polar surface area (TPSA) is 38.0 Å². The van der Waals surface area contributed by atoms with E-state index in [0.717, 1.165) is 13.1 Å². The van der Waals surface area contributed by atoms with Gasteiger partial charge in [0.15, 0.2) is 0 Å². The van der Waals surface area contributed by atoms with Gasteiger partial charge >= 0.3 is 0 Å². The Morgan fingerprint density at radius 1 is 1.33 bits per heavy atom. The van der Waals surface area contributed by atoms with E-state index in [1.807, 2.05) is 0 Å². The van der Waals surface area contributed by atoms with E-state index >= 15 is 0 Å². The fourth-order valence-electron chi connectivity index (χ4n) is 1.14. The Balaban J connectivity index is 3.41. The monoisotopic (exact) mass is 172 g/mol. The first kappa shape index (κ1) is 11.9. The molecule has 0 bridgehead atoms. The van der Waals surface area contributed by atoms with E-state index in [4.69, 9.17) is 5.73 Å². The standard InChI is InChI=1S/C10H24N2/c1-5-9(8-11)6-7-12-10(2,3)4/h9,12H,5-8,11H2,1-4H3. The summed E-state index contributed by atoms with van der Waals surface area (Å²) in [4.78, 5) is 0. The molecule has 2 nitrogen and oxygen atoms in total. The molecule has 2 heteroatoms. The van der Waals surface area contributed by atoms with Crippen molar-refractivity contribution >= 4 is 0 Å². The molecule has 1 unspecified atom stereocenters. The molecule has 0 aromatic rings. The summed E-state index contributed by atoms with van der Waals surface area (Å²) in [6.07, 6.45) is 2.40. The number of hydrogen-bond donors (Lipinski definition) is 2. The van der Waals surface area contributed by atoms with E-state index in [2.05, 4.69) is 33.0 Å². The first-order chi connectivity index (χ1) is 5.49. The molecule has 3 N–H and O–H groups in total. The van der Waals surface area contributed by atoms with Crippen LogP contribution in [0.4, 0.5) is 0 Å². The van der Waals surface area contributed by atoms with Crippen molar-refractivity contribution in [2.45, 2.75) is 46.1 Å². The van der Waals surface area contributed by atoms with Gasteiger partial charge in [0.05, 0.1) is 0 Å². The summed E-state index contributed by atoms with van der Waals surface area (Å²) >= 11 is 0. The highest BCUT2D eigenvalue weighted by atomic mass is 14.9. The lowest BCUT2D eigenvalue weighted by Crippen LogP contribution is -2.37. The number of rotatable bonds is 5.